The number of amides is 1. The molecule has 1 aliphatic heterocycles. The van der Waals surface area contributed by atoms with Gasteiger partial charge in [0.15, 0.2) is 0 Å². The van der Waals surface area contributed by atoms with E-state index >= 15 is 0 Å². The fourth-order valence-electron chi connectivity index (χ4n) is 2.28. The normalized spacial score (nSPS) is 17.0. The number of halogens is 1. The Kier molecular flexibility index (Phi) is 4.83. The largest absolute Gasteiger partial charge is 0.472 e. The van der Waals surface area contributed by atoms with Gasteiger partial charge in [-0.3, -0.25) is 4.79 Å². The van der Waals surface area contributed by atoms with Crippen molar-refractivity contribution in [3.8, 4) is 5.88 Å². The van der Waals surface area contributed by atoms with Gasteiger partial charge in [-0.15, -0.1) is 0 Å². The number of carbonyl (C=O) groups excluding carboxylic acids is 1. The molecule has 1 aliphatic rings. The van der Waals surface area contributed by atoms with Crippen LogP contribution in [0, 0.1) is 5.82 Å². The zero-order valence-corrected chi connectivity index (χ0v) is 12.5. The van der Waals surface area contributed by atoms with E-state index in [2.05, 4.69) is 10.3 Å². The lowest BCUT2D eigenvalue weighted by molar-refractivity contribution is 0.0949. The molecule has 0 bridgehead atoms. The molecule has 120 valence electrons. The van der Waals surface area contributed by atoms with Crippen molar-refractivity contribution < 1.29 is 18.7 Å². The van der Waals surface area contributed by atoms with E-state index in [1.54, 1.807) is 24.3 Å². The molecular weight excluding hydrogens is 299 g/mol. The van der Waals surface area contributed by atoms with Gasteiger partial charge in [-0.25, -0.2) is 9.37 Å². The quantitative estimate of drug-likeness (QED) is 0.919. The number of ether oxygens (including phenoxy) is 2. The first-order valence-corrected chi connectivity index (χ1v) is 7.44. The lowest BCUT2D eigenvalue weighted by Crippen LogP contribution is -2.23. The van der Waals surface area contributed by atoms with Gasteiger partial charge in [-0.05, 0) is 23.8 Å². The SMILES string of the molecule is O=C(NCc1ccc(F)cc1)c1ccnc(OC2CCOC2)c1. The minimum absolute atomic E-state index is 0.0139. The topological polar surface area (TPSA) is 60.5 Å². The third kappa shape index (κ3) is 4.26. The molecule has 1 saturated heterocycles. The number of carbonyl (C=O) groups is 1. The number of aromatic nitrogens is 1. The summed E-state index contributed by atoms with van der Waals surface area (Å²) in [5.41, 5.74) is 1.30. The van der Waals surface area contributed by atoms with Gasteiger partial charge >= 0.3 is 0 Å². The fraction of sp³-hybridized carbons (Fsp3) is 0.294. The van der Waals surface area contributed by atoms with Gasteiger partial charge in [0.1, 0.15) is 11.9 Å². The van der Waals surface area contributed by atoms with Crippen LogP contribution in [0.25, 0.3) is 0 Å². The number of rotatable bonds is 5. The Morgan fingerprint density at radius 1 is 1.35 bits per heavy atom. The van der Waals surface area contributed by atoms with E-state index in [0.717, 1.165) is 12.0 Å². The van der Waals surface area contributed by atoms with Crippen molar-refractivity contribution in [2.75, 3.05) is 13.2 Å². The van der Waals surface area contributed by atoms with Gasteiger partial charge in [0, 0.05) is 30.8 Å². The second-order valence-electron chi connectivity index (χ2n) is 5.30. The van der Waals surface area contributed by atoms with Crippen LogP contribution in [-0.4, -0.2) is 30.2 Å². The molecule has 2 aromatic rings. The fourth-order valence-corrected chi connectivity index (χ4v) is 2.28. The summed E-state index contributed by atoms with van der Waals surface area (Å²) in [6.07, 6.45) is 2.35. The number of nitrogens with zero attached hydrogens (tertiary/aromatic N) is 1. The lowest BCUT2D eigenvalue weighted by atomic mass is 10.2. The Labute approximate surface area is 133 Å². The van der Waals surface area contributed by atoms with Crippen LogP contribution in [0.2, 0.25) is 0 Å². The summed E-state index contributed by atoms with van der Waals surface area (Å²) in [4.78, 5) is 16.3. The van der Waals surface area contributed by atoms with Crippen LogP contribution in [0.4, 0.5) is 4.39 Å². The summed E-state index contributed by atoms with van der Waals surface area (Å²) in [7, 11) is 0. The molecule has 1 aromatic carbocycles. The Balaban J connectivity index is 1.59. The molecule has 0 saturated carbocycles. The van der Waals surface area contributed by atoms with Crippen LogP contribution < -0.4 is 10.1 Å². The summed E-state index contributed by atoms with van der Waals surface area (Å²) in [6.45, 7) is 1.55. The maximum atomic E-state index is 12.8. The number of hydrogen-bond donors (Lipinski definition) is 1. The molecule has 23 heavy (non-hydrogen) atoms. The monoisotopic (exact) mass is 316 g/mol. The molecule has 2 heterocycles. The molecule has 6 heteroatoms. The first kappa shape index (κ1) is 15.4. The van der Waals surface area contributed by atoms with Gasteiger partial charge < -0.3 is 14.8 Å². The predicted molar refractivity (Wildman–Crippen MR) is 81.7 cm³/mol. The minimum atomic E-state index is -0.299. The van der Waals surface area contributed by atoms with Crippen LogP contribution in [0.1, 0.15) is 22.3 Å². The molecule has 1 aromatic heterocycles. The van der Waals surface area contributed by atoms with Gasteiger partial charge in [0.2, 0.25) is 5.88 Å². The standard InChI is InChI=1S/C17H17FN2O3/c18-14-3-1-12(2-4-14)10-20-17(21)13-5-7-19-16(9-13)23-15-6-8-22-11-15/h1-5,7,9,15H,6,8,10-11H2,(H,20,21). The first-order valence-electron chi connectivity index (χ1n) is 7.44. The zero-order chi connectivity index (χ0) is 16.1. The highest BCUT2D eigenvalue weighted by molar-refractivity contribution is 5.94. The Hall–Kier alpha value is -2.47. The highest BCUT2D eigenvalue weighted by Gasteiger charge is 2.18. The van der Waals surface area contributed by atoms with Gasteiger partial charge in [-0.1, -0.05) is 12.1 Å². The third-order valence-corrected chi connectivity index (χ3v) is 3.54. The Morgan fingerprint density at radius 3 is 2.91 bits per heavy atom. The molecule has 1 atom stereocenters. The van der Waals surface area contributed by atoms with E-state index in [9.17, 15) is 9.18 Å². The van der Waals surface area contributed by atoms with Crippen molar-refractivity contribution in [2.24, 2.45) is 0 Å². The molecule has 0 aliphatic carbocycles. The van der Waals surface area contributed by atoms with Crippen LogP contribution >= 0.6 is 0 Å². The molecule has 1 amide bonds. The van der Waals surface area contributed by atoms with Crippen LogP contribution in [0.5, 0.6) is 5.88 Å². The van der Waals surface area contributed by atoms with E-state index in [-0.39, 0.29) is 17.8 Å². The maximum absolute atomic E-state index is 12.8. The smallest absolute Gasteiger partial charge is 0.251 e. The average molecular weight is 316 g/mol. The number of hydrogen-bond acceptors (Lipinski definition) is 4. The van der Waals surface area contributed by atoms with Crippen LogP contribution in [0.15, 0.2) is 42.6 Å². The van der Waals surface area contributed by atoms with Gasteiger partial charge in [0.25, 0.3) is 5.91 Å². The molecule has 1 unspecified atom stereocenters. The minimum Gasteiger partial charge on any atom is -0.472 e. The summed E-state index contributed by atoms with van der Waals surface area (Å²) in [5, 5.41) is 2.79. The van der Waals surface area contributed by atoms with Gasteiger partial charge in [-0.2, -0.15) is 0 Å². The Bertz CT molecular complexity index is 670. The molecule has 3 rings (SSSR count). The van der Waals surface area contributed by atoms with E-state index < -0.39 is 0 Å². The second-order valence-corrected chi connectivity index (χ2v) is 5.30. The van der Waals surface area contributed by atoms with Crippen molar-refractivity contribution in [1.82, 2.24) is 10.3 Å². The van der Waals surface area contributed by atoms with Gasteiger partial charge in [0.05, 0.1) is 13.2 Å². The third-order valence-electron chi connectivity index (χ3n) is 3.54. The molecule has 1 fully saturated rings. The van der Waals surface area contributed by atoms with E-state index in [0.29, 0.717) is 31.2 Å². The number of pyridine rings is 1. The van der Waals surface area contributed by atoms with Crippen molar-refractivity contribution in [3.63, 3.8) is 0 Å². The highest BCUT2D eigenvalue weighted by Crippen LogP contribution is 2.15. The highest BCUT2D eigenvalue weighted by atomic mass is 19.1. The van der Waals surface area contributed by atoms with Crippen LogP contribution in [0.3, 0.4) is 0 Å². The average Bonchev–Trinajstić information content (AvgIpc) is 3.07. The predicted octanol–water partition coefficient (Wildman–Crippen LogP) is 2.32. The van der Waals surface area contributed by atoms with E-state index in [4.69, 9.17) is 9.47 Å². The summed E-state index contributed by atoms with van der Waals surface area (Å²) >= 11 is 0. The number of nitrogens with one attached hydrogen (secondary N) is 1. The molecule has 1 N–H and O–H groups in total. The van der Waals surface area contributed by atoms with E-state index in [1.165, 1.54) is 18.3 Å². The van der Waals surface area contributed by atoms with Crippen molar-refractivity contribution in [3.05, 3.63) is 59.5 Å². The Morgan fingerprint density at radius 2 is 2.17 bits per heavy atom. The lowest BCUT2D eigenvalue weighted by Gasteiger charge is -2.11. The van der Waals surface area contributed by atoms with Crippen molar-refractivity contribution in [2.45, 2.75) is 19.1 Å². The molecule has 0 radical (unpaired) electrons. The summed E-state index contributed by atoms with van der Waals surface area (Å²) in [5.74, 6) is -0.119. The number of benzene rings is 1. The second kappa shape index (κ2) is 7.19. The molecule has 5 nitrogen and oxygen atoms in total. The van der Waals surface area contributed by atoms with Crippen LogP contribution in [-0.2, 0) is 11.3 Å². The summed E-state index contributed by atoms with van der Waals surface area (Å²) < 4.78 is 23.8. The molecular formula is C17H17FN2O3. The molecule has 0 spiro atoms. The first-order chi connectivity index (χ1) is 11.2. The maximum Gasteiger partial charge on any atom is 0.251 e. The van der Waals surface area contributed by atoms with Crippen molar-refractivity contribution >= 4 is 5.91 Å². The van der Waals surface area contributed by atoms with Crippen molar-refractivity contribution in [1.29, 1.82) is 0 Å². The summed E-state index contributed by atoms with van der Waals surface area (Å²) in [6, 6.07) is 9.23. The van der Waals surface area contributed by atoms with E-state index in [1.807, 2.05) is 0 Å². The zero-order valence-electron chi connectivity index (χ0n) is 12.5.